The lowest BCUT2D eigenvalue weighted by atomic mass is 10.1. The molecular formula is C20H26ClN3O. The molecular weight excluding hydrogens is 334 g/mol. The minimum absolute atomic E-state index is 0. The summed E-state index contributed by atoms with van der Waals surface area (Å²) in [6.45, 7) is 4.70. The van der Waals surface area contributed by atoms with Gasteiger partial charge in [-0.25, -0.2) is 0 Å². The van der Waals surface area contributed by atoms with Crippen LogP contribution in [0.1, 0.15) is 28.4 Å². The predicted molar refractivity (Wildman–Crippen MR) is 106 cm³/mol. The third kappa shape index (κ3) is 5.21. The zero-order valence-corrected chi connectivity index (χ0v) is 15.6. The molecule has 0 bridgehead atoms. The molecule has 2 aromatic rings. The van der Waals surface area contributed by atoms with Gasteiger partial charge in [-0.15, -0.1) is 12.4 Å². The molecule has 0 aliphatic carbocycles. The highest BCUT2D eigenvalue weighted by Gasteiger charge is 2.15. The first kappa shape index (κ1) is 19.3. The molecule has 0 spiro atoms. The van der Waals surface area contributed by atoms with Gasteiger partial charge in [0.2, 0.25) is 0 Å². The predicted octanol–water partition coefficient (Wildman–Crippen LogP) is 3.33. The van der Waals surface area contributed by atoms with Crippen molar-refractivity contribution in [3.8, 4) is 0 Å². The van der Waals surface area contributed by atoms with Crippen molar-refractivity contribution in [2.45, 2.75) is 25.9 Å². The van der Waals surface area contributed by atoms with E-state index in [1.807, 2.05) is 31.2 Å². The first-order valence-corrected chi connectivity index (χ1v) is 8.52. The molecule has 1 atom stereocenters. The van der Waals surface area contributed by atoms with Crippen LogP contribution < -0.4 is 10.6 Å². The number of rotatable bonds is 6. The summed E-state index contributed by atoms with van der Waals surface area (Å²) in [6.07, 6.45) is 0.992. The molecule has 1 amide bonds. The van der Waals surface area contributed by atoms with Crippen molar-refractivity contribution in [2.24, 2.45) is 0 Å². The molecule has 25 heavy (non-hydrogen) atoms. The third-order valence-corrected chi connectivity index (χ3v) is 4.34. The molecule has 1 aliphatic rings. The quantitative estimate of drug-likeness (QED) is 0.831. The highest BCUT2D eigenvalue weighted by Crippen LogP contribution is 2.22. The largest absolute Gasteiger partial charge is 0.384 e. The standard InChI is InChI=1S/C20H25N3O.ClH/c1-15(13-23(2)14-16-6-4-3-5-7-16)22-20(24)18-8-9-19-17(12-18)10-11-21-19;/h3-9,12,15,21H,10-11,13-14H2,1-2H3,(H,22,24);1H. The highest BCUT2D eigenvalue weighted by atomic mass is 35.5. The Morgan fingerprint density at radius 2 is 2.00 bits per heavy atom. The maximum absolute atomic E-state index is 12.4. The fourth-order valence-electron chi connectivity index (χ4n) is 3.23. The van der Waals surface area contributed by atoms with Crippen molar-refractivity contribution >= 4 is 24.0 Å². The first-order chi connectivity index (χ1) is 11.6. The molecule has 2 N–H and O–H groups in total. The molecule has 5 heteroatoms. The lowest BCUT2D eigenvalue weighted by molar-refractivity contribution is 0.0931. The Morgan fingerprint density at radius 3 is 2.76 bits per heavy atom. The van der Waals surface area contributed by atoms with E-state index in [1.165, 1.54) is 11.1 Å². The van der Waals surface area contributed by atoms with Gasteiger partial charge >= 0.3 is 0 Å². The van der Waals surface area contributed by atoms with Crippen LogP contribution in [0, 0.1) is 0 Å². The van der Waals surface area contributed by atoms with Crippen LogP contribution in [0.2, 0.25) is 0 Å². The Bertz CT molecular complexity index is 705. The van der Waals surface area contributed by atoms with Crippen molar-refractivity contribution in [3.63, 3.8) is 0 Å². The number of hydrogen-bond donors (Lipinski definition) is 2. The zero-order valence-electron chi connectivity index (χ0n) is 14.8. The number of benzene rings is 2. The maximum atomic E-state index is 12.4. The Kier molecular flexibility index (Phi) is 6.85. The lowest BCUT2D eigenvalue weighted by Crippen LogP contribution is -2.40. The van der Waals surface area contributed by atoms with Gasteiger partial charge in [-0.2, -0.15) is 0 Å². The Hall–Kier alpha value is -2.04. The van der Waals surface area contributed by atoms with Gasteiger partial charge in [0, 0.05) is 36.9 Å². The molecule has 0 saturated carbocycles. The number of anilines is 1. The monoisotopic (exact) mass is 359 g/mol. The normalized spacial score (nSPS) is 13.6. The average molecular weight is 360 g/mol. The molecule has 134 valence electrons. The molecule has 0 radical (unpaired) electrons. The number of likely N-dealkylation sites (N-methyl/N-ethyl adjacent to an activating group) is 1. The van der Waals surface area contributed by atoms with Crippen LogP contribution >= 0.6 is 12.4 Å². The van der Waals surface area contributed by atoms with Crippen LogP contribution in [0.15, 0.2) is 48.5 Å². The highest BCUT2D eigenvalue weighted by molar-refractivity contribution is 5.95. The van der Waals surface area contributed by atoms with E-state index < -0.39 is 0 Å². The minimum Gasteiger partial charge on any atom is -0.384 e. The van der Waals surface area contributed by atoms with Crippen molar-refractivity contribution < 1.29 is 4.79 Å². The van der Waals surface area contributed by atoms with Crippen LogP contribution in [-0.4, -0.2) is 37.0 Å². The summed E-state index contributed by atoms with van der Waals surface area (Å²) in [6, 6.07) is 16.4. The zero-order chi connectivity index (χ0) is 16.9. The summed E-state index contributed by atoms with van der Waals surface area (Å²) in [5, 5.41) is 6.42. The fourth-order valence-corrected chi connectivity index (χ4v) is 3.23. The van der Waals surface area contributed by atoms with Gasteiger partial charge < -0.3 is 15.5 Å². The third-order valence-electron chi connectivity index (χ3n) is 4.34. The number of amides is 1. The van der Waals surface area contributed by atoms with E-state index in [9.17, 15) is 4.79 Å². The number of hydrogen-bond acceptors (Lipinski definition) is 3. The molecule has 3 rings (SSSR count). The van der Waals surface area contributed by atoms with Crippen LogP contribution in [0.25, 0.3) is 0 Å². The second-order valence-electron chi connectivity index (χ2n) is 6.61. The van der Waals surface area contributed by atoms with Gasteiger partial charge in [0.1, 0.15) is 0 Å². The number of fused-ring (bicyclic) bond motifs is 1. The van der Waals surface area contributed by atoms with Gasteiger partial charge in [-0.1, -0.05) is 30.3 Å². The summed E-state index contributed by atoms with van der Waals surface area (Å²) >= 11 is 0. The molecule has 0 aromatic heterocycles. The van der Waals surface area contributed by atoms with Crippen LogP contribution in [0.5, 0.6) is 0 Å². The van der Waals surface area contributed by atoms with Crippen LogP contribution in [0.4, 0.5) is 5.69 Å². The summed E-state index contributed by atoms with van der Waals surface area (Å²) < 4.78 is 0. The van der Waals surface area contributed by atoms with Gasteiger partial charge in [-0.3, -0.25) is 4.79 Å². The Labute approximate surface area is 156 Å². The second kappa shape index (κ2) is 8.88. The summed E-state index contributed by atoms with van der Waals surface area (Å²) in [4.78, 5) is 14.7. The van der Waals surface area contributed by atoms with E-state index >= 15 is 0 Å². The molecule has 1 unspecified atom stereocenters. The summed E-state index contributed by atoms with van der Waals surface area (Å²) in [7, 11) is 2.08. The summed E-state index contributed by atoms with van der Waals surface area (Å²) in [5.74, 6) is 0.00492. The van der Waals surface area contributed by atoms with E-state index in [0.29, 0.717) is 0 Å². The fraction of sp³-hybridized carbons (Fsp3) is 0.350. The molecule has 0 saturated heterocycles. The number of halogens is 1. The van der Waals surface area contributed by atoms with Crippen molar-refractivity contribution in [2.75, 3.05) is 25.5 Å². The van der Waals surface area contributed by atoms with Gasteiger partial charge in [0.25, 0.3) is 5.91 Å². The maximum Gasteiger partial charge on any atom is 0.251 e. The Morgan fingerprint density at radius 1 is 1.24 bits per heavy atom. The molecule has 1 aliphatic heterocycles. The van der Waals surface area contributed by atoms with Gasteiger partial charge in [-0.05, 0) is 49.7 Å². The van der Waals surface area contributed by atoms with E-state index in [4.69, 9.17) is 0 Å². The smallest absolute Gasteiger partial charge is 0.251 e. The molecule has 2 aromatic carbocycles. The van der Waals surface area contributed by atoms with E-state index in [0.717, 1.165) is 37.3 Å². The number of carbonyl (C=O) groups is 1. The molecule has 1 heterocycles. The molecule has 4 nitrogen and oxygen atoms in total. The summed E-state index contributed by atoms with van der Waals surface area (Å²) in [5.41, 5.74) is 4.42. The lowest BCUT2D eigenvalue weighted by Gasteiger charge is -2.22. The van der Waals surface area contributed by atoms with Crippen LogP contribution in [-0.2, 0) is 13.0 Å². The minimum atomic E-state index is 0. The van der Waals surface area contributed by atoms with Gasteiger partial charge in [0.05, 0.1) is 0 Å². The number of carbonyl (C=O) groups excluding carboxylic acids is 1. The number of nitrogens with zero attached hydrogens (tertiary/aromatic N) is 1. The van der Waals surface area contributed by atoms with Crippen molar-refractivity contribution in [1.82, 2.24) is 10.2 Å². The van der Waals surface area contributed by atoms with E-state index in [1.54, 1.807) is 0 Å². The van der Waals surface area contributed by atoms with Crippen molar-refractivity contribution in [3.05, 3.63) is 65.2 Å². The van der Waals surface area contributed by atoms with E-state index in [-0.39, 0.29) is 24.4 Å². The SMILES string of the molecule is CC(CN(C)Cc1ccccc1)NC(=O)c1ccc2c(c1)CCN2.Cl. The van der Waals surface area contributed by atoms with Crippen LogP contribution in [0.3, 0.4) is 0 Å². The van der Waals surface area contributed by atoms with E-state index in [2.05, 4.69) is 46.8 Å². The topological polar surface area (TPSA) is 44.4 Å². The number of nitrogens with one attached hydrogen (secondary N) is 2. The average Bonchev–Trinajstić information content (AvgIpc) is 3.02. The van der Waals surface area contributed by atoms with Gasteiger partial charge in [0.15, 0.2) is 0 Å². The van der Waals surface area contributed by atoms with Crippen molar-refractivity contribution in [1.29, 1.82) is 0 Å². The second-order valence-corrected chi connectivity index (χ2v) is 6.61. The Balaban J connectivity index is 0.00000225. The molecule has 0 fully saturated rings. The first-order valence-electron chi connectivity index (χ1n) is 8.52.